The molecule has 164 valence electrons. The summed E-state index contributed by atoms with van der Waals surface area (Å²) in [4.78, 5) is 24.7. The third-order valence-corrected chi connectivity index (χ3v) is 5.56. The Morgan fingerprint density at radius 1 is 1.00 bits per heavy atom. The Morgan fingerprint density at radius 3 is 2.53 bits per heavy atom. The summed E-state index contributed by atoms with van der Waals surface area (Å²) in [6.45, 7) is 1.93. The number of amides is 1. The van der Waals surface area contributed by atoms with Crippen molar-refractivity contribution in [1.29, 1.82) is 0 Å². The topological polar surface area (TPSA) is 73.9 Å². The average Bonchev–Trinajstić information content (AvgIpc) is 3.24. The monoisotopic (exact) mass is 431 g/mol. The summed E-state index contributed by atoms with van der Waals surface area (Å²) in [6, 6.07) is 18.7. The fraction of sp³-hybridized carbons (Fsp3) is 0.231. The van der Waals surface area contributed by atoms with Gasteiger partial charge in [-0.2, -0.15) is 0 Å². The molecule has 4 rings (SSSR count). The molecule has 0 unspecified atom stereocenters. The number of carbonyl (C=O) groups is 2. The summed E-state index contributed by atoms with van der Waals surface area (Å²) >= 11 is 0. The van der Waals surface area contributed by atoms with Gasteiger partial charge in [-0.05, 0) is 47.9 Å². The van der Waals surface area contributed by atoms with E-state index in [1.807, 2.05) is 36.4 Å². The quantitative estimate of drug-likeness (QED) is 0.565. The first kappa shape index (κ1) is 21.4. The molecule has 0 saturated heterocycles. The predicted octanol–water partition coefficient (Wildman–Crippen LogP) is 4.31. The van der Waals surface area contributed by atoms with E-state index < -0.39 is 0 Å². The van der Waals surface area contributed by atoms with Crippen LogP contribution in [0.2, 0.25) is 0 Å². The molecule has 1 aliphatic rings. The fourth-order valence-electron chi connectivity index (χ4n) is 4.01. The van der Waals surface area contributed by atoms with Gasteiger partial charge in [0.25, 0.3) is 5.91 Å². The van der Waals surface area contributed by atoms with Gasteiger partial charge in [0.15, 0.2) is 17.3 Å². The van der Waals surface area contributed by atoms with Gasteiger partial charge in [0, 0.05) is 12.0 Å². The minimum atomic E-state index is -0.253. The maximum Gasteiger partial charge on any atom is 0.255 e. The first-order chi connectivity index (χ1) is 15.5. The van der Waals surface area contributed by atoms with Crippen molar-refractivity contribution < 1.29 is 23.8 Å². The smallest absolute Gasteiger partial charge is 0.255 e. The van der Waals surface area contributed by atoms with Gasteiger partial charge < -0.3 is 19.5 Å². The number of methoxy groups -OCH3 is 2. The number of ether oxygens (including phenoxy) is 3. The number of nitrogens with one attached hydrogen (secondary N) is 1. The largest absolute Gasteiger partial charge is 0.493 e. The highest BCUT2D eigenvalue weighted by Gasteiger charge is 2.25. The van der Waals surface area contributed by atoms with Crippen LogP contribution in [0.4, 0.5) is 0 Å². The molecule has 1 atom stereocenters. The summed E-state index contributed by atoms with van der Waals surface area (Å²) in [7, 11) is 3.04. The van der Waals surface area contributed by atoms with E-state index in [9.17, 15) is 9.59 Å². The second-order valence-electron chi connectivity index (χ2n) is 7.62. The molecular weight excluding hydrogens is 406 g/mol. The van der Waals surface area contributed by atoms with Gasteiger partial charge in [0.2, 0.25) is 0 Å². The van der Waals surface area contributed by atoms with E-state index >= 15 is 0 Å². The van der Waals surface area contributed by atoms with Gasteiger partial charge in [-0.1, -0.05) is 36.4 Å². The van der Waals surface area contributed by atoms with Crippen molar-refractivity contribution in [2.45, 2.75) is 19.4 Å². The van der Waals surface area contributed by atoms with Crippen LogP contribution in [0.25, 0.3) is 11.1 Å². The lowest BCUT2D eigenvalue weighted by molar-refractivity contribution is 0.0929. The number of benzene rings is 3. The molecular formula is C26H25NO5. The standard InChI is InChI=1S/C26H25NO5/c1-16(28)20-7-4-5-8-21(20)17-11-12-23-18(13-17)14-19(32-23)15-27-26(29)22-9-6-10-24(30-2)25(22)31-3/h4-13,19H,14-15H2,1-3H3,(H,27,29)/t19-/m0/s1. The summed E-state index contributed by atoms with van der Waals surface area (Å²) in [5, 5.41) is 2.93. The van der Waals surface area contributed by atoms with Crippen LogP contribution in [0.1, 0.15) is 33.2 Å². The molecule has 1 amide bonds. The average molecular weight is 431 g/mol. The Balaban J connectivity index is 1.46. The third kappa shape index (κ3) is 4.17. The highest BCUT2D eigenvalue weighted by Crippen LogP contribution is 2.34. The lowest BCUT2D eigenvalue weighted by Gasteiger charge is -2.15. The van der Waals surface area contributed by atoms with Crippen molar-refractivity contribution in [1.82, 2.24) is 5.32 Å². The number of rotatable bonds is 7. The van der Waals surface area contributed by atoms with Crippen LogP contribution in [0, 0.1) is 0 Å². The zero-order valence-corrected chi connectivity index (χ0v) is 18.3. The summed E-state index contributed by atoms with van der Waals surface area (Å²) in [5.74, 6) is 1.48. The van der Waals surface area contributed by atoms with Crippen molar-refractivity contribution in [3.8, 4) is 28.4 Å². The highest BCUT2D eigenvalue weighted by molar-refractivity contribution is 6.01. The SMILES string of the molecule is COc1cccc(C(=O)NC[C@@H]2Cc3cc(-c4ccccc4C(C)=O)ccc3O2)c1OC. The molecule has 32 heavy (non-hydrogen) atoms. The number of fused-ring (bicyclic) bond motifs is 1. The summed E-state index contributed by atoms with van der Waals surface area (Å²) < 4.78 is 16.6. The van der Waals surface area contributed by atoms with E-state index in [4.69, 9.17) is 14.2 Å². The van der Waals surface area contributed by atoms with Crippen molar-refractivity contribution in [2.75, 3.05) is 20.8 Å². The number of para-hydroxylation sites is 1. The van der Waals surface area contributed by atoms with E-state index in [1.54, 1.807) is 25.1 Å². The first-order valence-electron chi connectivity index (χ1n) is 10.4. The van der Waals surface area contributed by atoms with E-state index in [-0.39, 0.29) is 17.8 Å². The van der Waals surface area contributed by atoms with Gasteiger partial charge in [0.05, 0.1) is 26.3 Å². The van der Waals surface area contributed by atoms with Crippen LogP contribution in [0.15, 0.2) is 60.7 Å². The zero-order valence-electron chi connectivity index (χ0n) is 18.3. The molecule has 0 spiro atoms. The Labute approximate surface area is 187 Å². The molecule has 6 nitrogen and oxygen atoms in total. The van der Waals surface area contributed by atoms with Crippen LogP contribution in [0.3, 0.4) is 0 Å². The molecule has 6 heteroatoms. The normalized spacial score (nSPS) is 14.3. The zero-order chi connectivity index (χ0) is 22.7. The molecule has 0 aliphatic carbocycles. The molecule has 0 radical (unpaired) electrons. The molecule has 3 aromatic rings. The molecule has 0 bridgehead atoms. The highest BCUT2D eigenvalue weighted by atomic mass is 16.5. The Bertz CT molecular complexity index is 1170. The van der Waals surface area contributed by atoms with Gasteiger partial charge in [-0.25, -0.2) is 0 Å². The summed E-state index contributed by atoms with van der Waals surface area (Å²) in [6.07, 6.45) is 0.491. The predicted molar refractivity (Wildman–Crippen MR) is 122 cm³/mol. The van der Waals surface area contributed by atoms with Crippen LogP contribution in [0.5, 0.6) is 17.2 Å². The van der Waals surface area contributed by atoms with Crippen molar-refractivity contribution in [3.63, 3.8) is 0 Å². The number of ketones is 1. The lowest BCUT2D eigenvalue weighted by atomic mass is 9.95. The van der Waals surface area contributed by atoms with Crippen molar-refractivity contribution >= 4 is 11.7 Å². The lowest BCUT2D eigenvalue weighted by Crippen LogP contribution is -2.34. The first-order valence-corrected chi connectivity index (χ1v) is 10.4. The van der Waals surface area contributed by atoms with E-state index in [1.165, 1.54) is 14.2 Å². The molecule has 0 fully saturated rings. The second kappa shape index (κ2) is 9.14. The molecule has 3 aromatic carbocycles. The van der Waals surface area contributed by atoms with E-state index in [0.717, 1.165) is 22.4 Å². The van der Waals surface area contributed by atoms with E-state index in [0.29, 0.717) is 35.6 Å². The Kier molecular flexibility index (Phi) is 6.12. The molecule has 1 N–H and O–H groups in total. The number of Topliss-reactive ketones (excluding diaryl/α,β-unsaturated/α-hetero) is 1. The summed E-state index contributed by atoms with van der Waals surface area (Å²) in [5.41, 5.74) is 4.04. The molecule has 1 heterocycles. The van der Waals surface area contributed by atoms with Crippen molar-refractivity contribution in [3.05, 3.63) is 77.4 Å². The van der Waals surface area contributed by atoms with Crippen LogP contribution in [-0.4, -0.2) is 38.6 Å². The maximum atomic E-state index is 12.7. The molecule has 0 aromatic heterocycles. The minimum absolute atomic E-state index is 0.0332. The van der Waals surface area contributed by atoms with Gasteiger partial charge in [0.1, 0.15) is 11.9 Å². The van der Waals surface area contributed by atoms with Crippen LogP contribution in [-0.2, 0) is 6.42 Å². The molecule has 0 saturated carbocycles. The maximum absolute atomic E-state index is 12.7. The van der Waals surface area contributed by atoms with Gasteiger partial charge in [-0.15, -0.1) is 0 Å². The van der Waals surface area contributed by atoms with Crippen molar-refractivity contribution in [2.24, 2.45) is 0 Å². The van der Waals surface area contributed by atoms with Crippen LogP contribution < -0.4 is 19.5 Å². The third-order valence-electron chi connectivity index (χ3n) is 5.56. The molecule has 1 aliphatic heterocycles. The number of hydrogen-bond acceptors (Lipinski definition) is 5. The Morgan fingerprint density at radius 2 is 1.78 bits per heavy atom. The number of carbonyl (C=O) groups excluding carboxylic acids is 2. The fourth-order valence-corrected chi connectivity index (χ4v) is 4.01. The second-order valence-corrected chi connectivity index (χ2v) is 7.62. The van der Waals surface area contributed by atoms with Gasteiger partial charge >= 0.3 is 0 Å². The van der Waals surface area contributed by atoms with E-state index in [2.05, 4.69) is 11.4 Å². The van der Waals surface area contributed by atoms with Gasteiger partial charge in [-0.3, -0.25) is 9.59 Å². The van der Waals surface area contributed by atoms with Crippen LogP contribution >= 0.6 is 0 Å². The minimum Gasteiger partial charge on any atom is -0.493 e. The Hall–Kier alpha value is -3.80. The number of hydrogen-bond donors (Lipinski definition) is 1.